The van der Waals surface area contributed by atoms with Gasteiger partial charge in [-0.05, 0) is 18.9 Å². The van der Waals surface area contributed by atoms with Gasteiger partial charge in [0, 0.05) is 24.2 Å². The van der Waals surface area contributed by atoms with E-state index in [0.717, 1.165) is 16.7 Å². The van der Waals surface area contributed by atoms with E-state index in [1.165, 1.54) is 0 Å². The number of hydrogen-bond acceptors (Lipinski definition) is 5. The number of aromatic nitrogens is 1. The van der Waals surface area contributed by atoms with Crippen molar-refractivity contribution in [2.45, 2.75) is 25.9 Å². The monoisotopic (exact) mass is 410 g/mol. The van der Waals surface area contributed by atoms with Crippen molar-refractivity contribution >= 4 is 15.7 Å². The summed E-state index contributed by atoms with van der Waals surface area (Å²) < 4.78 is 29.4. The molecule has 0 radical (unpaired) electrons. The minimum Gasteiger partial charge on any atom is -0.355 e. The van der Waals surface area contributed by atoms with Crippen molar-refractivity contribution in [2.24, 2.45) is 0 Å². The molecule has 1 amide bonds. The first-order valence-corrected chi connectivity index (χ1v) is 11.3. The van der Waals surface area contributed by atoms with Crippen LogP contribution in [0.25, 0.3) is 11.3 Å². The maximum atomic E-state index is 13.3. The van der Waals surface area contributed by atoms with Gasteiger partial charge < -0.3 is 9.42 Å². The van der Waals surface area contributed by atoms with Crippen molar-refractivity contribution in [3.05, 3.63) is 77.5 Å². The number of carbonyl (C=O) groups is 1. The van der Waals surface area contributed by atoms with Crippen LogP contribution < -0.4 is 0 Å². The molecule has 1 aliphatic rings. The van der Waals surface area contributed by atoms with E-state index < -0.39 is 9.84 Å². The molecule has 0 saturated carbocycles. The van der Waals surface area contributed by atoms with Crippen LogP contribution in [0.4, 0.5) is 0 Å². The van der Waals surface area contributed by atoms with Crippen LogP contribution >= 0.6 is 0 Å². The number of hydrogen-bond donors (Lipinski definition) is 0. The third-order valence-corrected chi connectivity index (χ3v) is 6.92. The van der Waals surface area contributed by atoms with Gasteiger partial charge >= 0.3 is 0 Å². The molecule has 3 aromatic rings. The second-order valence-electron chi connectivity index (χ2n) is 7.42. The number of aryl methyl sites for hydroxylation is 1. The Bertz CT molecular complexity index is 1110. The molecule has 6 nitrogen and oxygen atoms in total. The molecule has 29 heavy (non-hydrogen) atoms. The van der Waals surface area contributed by atoms with Crippen LogP contribution in [-0.4, -0.2) is 41.9 Å². The van der Waals surface area contributed by atoms with Crippen LogP contribution in [0, 0.1) is 6.92 Å². The Morgan fingerprint density at radius 3 is 2.52 bits per heavy atom. The van der Waals surface area contributed by atoms with E-state index in [-0.39, 0.29) is 29.1 Å². The molecule has 7 heteroatoms. The summed E-state index contributed by atoms with van der Waals surface area (Å²) in [7, 11) is -3.13. The summed E-state index contributed by atoms with van der Waals surface area (Å²) in [5, 5.41) is 3.97. The third kappa shape index (κ3) is 4.40. The molecule has 1 fully saturated rings. The maximum Gasteiger partial charge on any atom is 0.276 e. The first kappa shape index (κ1) is 19.4. The van der Waals surface area contributed by atoms with E-state index in [9.17, 15) is 13.2 Å². The normalized spacial score (nSPS) is 17.9. The molecule has 150 valence electrons. The van der Waals surface area contributed by atoms with E-state index in [1.807, 2.05) is 61.5 Å². The lowest BCUT2D eigenvalue weighted by atomic mass is 10.1. The van der Waals surface area contributed by atoms with Crippen LogP contribution in [0.1, 0.15) is 28.0 Å². The highest BCUT2D eigenvalue weighted by Crippen LogP contribution is 2.25. The summed E-state index contributed by atoms with van der Waals surface area (Å²) in [5.41, 5.74) is 3.08. The van der Waals surface area contributed by atoms with E-state index in [2.05, 4.69) is 5.16 Å². The van der Waals surface area contributed by atoms with Gasteiger partial charge in [-0.3, -0.25) is 4.79 Å². The molecule has 2 heterocycles. The first-order chi connectivity index (χ1) is 13.9. The summed E-state index contributed by atoms with van der Waals surface area (Å²) in [4.78, 5) is 14.9. The van der Waals surface area contributed by atoms with Crippen LogP contribution in [0.3, 0.4) is 0 Å². The average molecular weight is 410 g/mol. The van der Waals surface area contributed by atoms with Crippen molar-refractivity contribution in [1.29, 1.82) is 0 Å². The molecule has 0 bridgehead atoms. The second-order valence-corrected chi connectivity index (χ2v) is 9.65. The quantitative estimate of drug-likeness (QED) is 0.643. The molecule has 0 aliphatic carbocycles. The molecule has 0 spiro atoms. The van der Waals surface area contributed by atoms with E-state index >= 15 is 0 Å². The minimum atomic E-state index is -3.13. The van der Waals surface area contributed by atoms with Gasteiger partial charge in [0.2, 0.25) is 0 Å². The molecule has 1 saturated heterocycles. The van der Waals surface area contributed by atoms with Crippen molar-refractivity contribution in [2.75, 3.05) is 11.5 Å². The van der Waals surface area contributed by atoms with Gasteiger partial charge in [-0.2, -0.15) is 0 Å². The van der Waals surface area contributed by atoms with E-state index in [1.54, 1.807) is 11.0 Å². The van der Waals surface area contributed by atoms with Crippen molar-refractivity contribution in [1.82, 2.24) is 10.1 Å². The van der Waals surface area contributed by atoms with Gasteiger partial charge in [-0.15, -0.1) is 0 Å². The summed E-state index contributed by atoms with van der Waals surface area (Å²) in [6.45, 7) is 2.32. The zero-order chi connectivity index (χ0) is 20.4. The molecule has 2 aromatic carbocycles. The Balaban J connectivity index is 1.62. The fourth-order valence-corrected chi connectivity index (χ4v) is 5.28. The number of benzene rings is 2. The fraction of sp³-hybridized carbons (Fsp3) is 0.273. The van der Waals surface area contributed by atoms with Gasteiger partial charge in [0.05, 0.1) is 11.5 Å². The maximum absolute atomic E-state index is 13.3. The number of nitrogens with zero attached hydrogens (tertiary/aromatic N) is 2. The van der Waals surface area contributed by atoms with Gasteiger partial charge in [-0.25, -0.2) is 8.42 Å². The molecule has 4 rings (SSSR count). The van der Waals surface area contributed by atoms with Crippen LogP contribution in [-0.2, 0) is 16.4 Å². The van der Waals surface area contributed by atoms with Gasteiger partial charge in [0.15, 0.2) is 21.3 Å². The molecule has 1 aliphatic heterocycles. The van der Waals surface area contributed by atoms with Crippen LogP contribution in [0.15, 0.2) is 65.2 Å². The highest BCUT2D eigenvalue weighted by atomic mass is 32.2. The zero-order valence-electron chi connectivity index (χ0n) is 16.1. The predicted molar refractivity (Wildman–Crippen MR) is 110 cm³/mol. The first-order valence-electron chi connectivity index (χ1n) is 9.50. The second kappa shape index (κ2) is 7.83. The van der Waals surface area contributed by atoms with Crippen LogP contribution in [0.5, 0.6) is 0 Å². The fourth-order valence-electron chi connectivity index (χ4n) is 3.55. The number of amides is 1. The molecule has 0 N–H and O–H groups in total. The summed E-state index contributed by atoms with van der Waals surface area (Å²) >= 11 is 0. The van der Waals surface area contributed by atoms with Crippen molar-refractivity contribution in [3.8, 4) is 11.3 Å². The average Bonchev–Trinajstić information content (AvgIpc) is 3.34. The minimum absolute atomic E-state index is 0.0196. The Labute approximate surface area is 170 Å². The highest BCUT2D eigenvalue weighted by molar-refractivity contribution is 7.91. The highest BCUT2D eigenvalue weighted by Gasteiger charge is 2.36. The topological polar surface area (TPSA) is 80.5 Å². The standard InChI is InChI=1S/C22H22N2O4S/c1-16-7-9-18(10-8-16)21-13-20(23-28-21)22(25)24(14-17-5-3-2-4-6-17)19-11-12-29(26,27)15-19/h2-10,13,19H,11-12,14-15H2,1H3/t19-/m1/s1. The van der Waals surface area contributed by atoms with Crippen molar-refractivity contribution in [3.63, 3.8) is 0 Å². The number of sulfone groups is 1. The largest absolute Gasteiger partial charge is 0.355 e. The van der Waals surface area contributed by atoms with Crippen LogP contribution in [0.2, 0.25) is 0 Å². The summed E-state index contributed by atoms with van der Waals surface area (Å²) in [6.07, 6.45) is 0.434. The summed E-state index contributed by atoms with van der Waals surface area (Å²) in [5.74, 6) is 0.267. The SMILES string of the molecule is Cc1ccc(-c2cc(C(=O)N(Cc3ccccc3)[C@@H]3CCS(=O)(=O)C3)no2)cc1. The molecular weight excluding hydrogens is 388 g/mol. The van der Waals surface area contributed by atoms with Gasteiger partial charge in [-0.1, -0.05) is 65.3 Å². The van der Waals surface area contributed by atoms with E-state index in [0.29, 0.717) is 18.7 Å². The third-order valence-electron chi connectivity index (χ3n) is 5.17. The number of carbonyl (C=O) groups excluding carboxylic acids is 1. The lowest BCUT2D eigenvalue weighted by Gasteiger charge is -2.27. The predicted octanol–water partition coefficient (Wildman–Crippen LogP) is 3.48. The van der Waals surface area contributed by atoms with E-state index in [4.69, 9.17) is 4.52 Å². The summed E-state index contributed by atoms with van der Waals surface area (Å²) in [6, 6.07) is 18.5. The Morgan fingerprint density at radius 2 is 1.86 bits per heavy atom. The smallest absolute Gasteiger partial charge is 0.276 e. The van der Waals surface area contributed by atoms with Crippen molar-refractivity contribution < 1.29 is 17.7 Å². The Kier molecular flexibility index (Phi) is 5.24. The van der Waals surface area contributed by atoms with Gasteiger partial charge in [0.1, 0.15) is 0 Å². The molecule has 1 aromatic heterocycles. The lowest BCUT2D eigenvalue weighted by molar-refractivity contribution is 0.0670. The molecule has 1 atom stereocenters. The Morgan fingerprint density at radius 1 is 1.14 bits per heavy atom. The van der Waals surface area contributed by atoms with Gasteiger partial charge in [0.25, 0.3) is 5.91 Å². The Hall–Kier alpha value is -2.93. The lowest BCUT2D eigenvalue weighted by Crippen LogP contribution is -2.40. The molecule has 0 unspecified atom stereocenters. The zero-order valence-corrected chi connectivity index (χ0v) is 16.9. The number of rotatable bonds is 5. The molecular formula is C22H22N2O4S.